The summed E-state index contributed by atoms with van der Waals surface area (Å²) in [5.41, 5.74) is 3.32. The van der Waals surface area contributed by atoms with Gasteiger partial charge in [0.1, 0.15) is 11.5 Å². The number of ether oxygens (including phenoxy) is 1. The van der Waals surface area contributed by atoms with E-state index in [2.05, 4.69) is 38.5 Å². The number of carboxylic acids is 1. The fourth-order valence-corrected chi connectivity index (χ4v) is 3.95. The molecule has 1 aliphatic rings. The van der Waals surface area contributed by atoms with Gasteiger partial charge in [-0.1, -0.05) is 24.3 Å². The number of hydrogen-bond donors (Lipinski definition) is 3. The summed E-state index contributed by atoms with van der Waals surface area (Å²) in [5, 5.41) is 21.4. The van der Waals surface area contributed by atoms with Crippen LogP contribution in [0.1, 0.15) is 16.1 Å². The molecular weight excluding hydrogens is 569 g/mol. The van der Waals surface area contributed by atoms with Gasteiger partial charge >= 0.3 is 5.97 Å². The number of benzene rings is 1. The fraction of sp³-hybridized carbons (Fsp3) is 0.258. The van der Waals surface area contributed by atoms with E-state index in [1.807, 2.05) is 49.0 Å². The van der Waals surface area contributed by atoms with Crippen LogP contribution in [0.5, 0.6) is 0 Å². The Hall–Kier alpha value is -5.16. The van der Waals surface area contributed by atoms with Crippen LogP contribution in [0, 0.1) is 25.7 Å². The maximum atomic E-state index is 11.8. The molecule has 232 valence electrons. The number of nitrogens with one attached hydrogen (secondary N) is 2. The summed E-state index contributed by atoms with van der Waals surface area (Å²) >= 11 is 0. The van der Waals surface area contributed by atoms with Crippen LogP contribution in [0.2, 0.25) is 0 Å². The molecule has 3 aromatic heterocycles. The van der Waals surface area contributed by atoms with Crippen molar-refractivity contribution in [2.24, 2.45) is 0 Å². The number of carbonyl (C=O) groups is 2. The molecule has 5 rings (SSSR count). The average Bonchev–Trinajstić information content (AvgIpc) is 3.66. The Morgan fingerprint density at radius 2 is 1.89 bits per heavy atom. The summed E-state index contributed by atoms with van der Waals surface area (Å²) in [6, 6.07) is 17.8. The first-order chi connectivity index (χ1) is 21.4. The zero-order valence-electron chi connectivity index (χ0n) is 24.8. The van der Waals surface area contributed by atoms with Crippen molar-refractivity contribution in [2.45, 2.75) is 13.0 Å². The molecule has 44 heavy (non-hydrogen) atoms. The molecule has 1 saturated heterocycles. The van der Waals surface area contributed by atoms with E-state index in [0.717, 1.165) is 41.4 Å². The lowest BCUT2D eigenvalue weighted by molar-refractivity contribution is -0.118. The summed E-state index contributed by atoms with van der Waals surface area (Å²) in [6.07, 6.45) is 11.6. The van der Waals surface area contributed by atoms with Crippen molar-refractivity contribution >= 4 is 18.2 Å². The van der Waals surface area contributed by atoms with Crippen molar-refractivity contribution < 1.29 is 28.7 Å². The van der Waals surface area contributed by atoms with Gasteiger partial charge in [-0.15, -0.1) is 12.8 Å². The third-order valence-corrected chi connectivity index (χ3v) is 5.97. The Morgan fingerprint density at radius 3 is 2.45 bits per heavy atom. The standard InChI is InChI=1S/C17H16N4O2.C7H14N2O3.C5H4FN.C2H2/c1-11-15(12-8-9-19-14(10-12)17(22)23)20-21(16(11)18-2)13-6-4-3-5-7-13;1-11-3-2-9-4-7(5-12-9)8-6-10;6-5-3-1-2-4-7-5;1-2/h3-10,18H,1-2H3,(H,22,23);6-7H,2-5H2,1H3,(H,8,10);1-4H;1-2H. The predicted octanol–water partition coefficient (Wildman–Crippen LogP) is 3.45. The van der Waals surface area contributed by atoms with Crippen LogP contribution in [0.3, 0.4) is 0 Å². The summed E-state index contributed by atoms with van der Waals surface area (Å²) in [7, 11) is 3.49. The molecule has 0 spiro atoms. The number of anilines is 1. The van der Waals surface area contributed by atoms with Crippen LogP contribution in [-0.4, -0.2) is 88.8 Å². The van der Waals surface area contributed by atoms with Crippen molar-refractivity contribution in [3.63, 3.8) is 0 Å². The van der Waals surface area contributed by atoms with E-state index in [4.69, 9.17) is 14.7 Å². The highest BCUT2D eigenvalue weighted by molar-refractivity contribution is 5.87. The second-order valence-corrected chi connectivity index (χ2v) is 8.86. The van der Waals surface area contributed by atoms with Crippen molar-refractivity contribution in [2.75, 3.05) is 45.8 Å². The molecule has 1 atom stereocenters. The van der Waals surface area contributed by atoms with Gasteiger partial charge in [0.2, 0.25) is 12.4 Å². The molecule has 1 amide bonds. The highest BCUT2D eigenvalue weighted by atomic mass is 19.1. The molecule has 1 fully saturated rings. The van der Waals surface area contributed by atoms with Gasteiger partial charge in [-0.05, 0) is 43.3 Å². The number of hydrogen-bond acceptors (Lipinski definition) is 9. The van der Waals surface area contributed by atoms with E-state index in [0.29, 0.717) is 19.6 Å². The molecule has 0 aliphatic carbocycles. The normalized spacial score (nSPS) is 13.5. The quantitative estimate of drug-likeness (QED) is 0.147. The van der Waals surface area contributed by atoms with Crippen molar-refractivity contribution in [1.82, 2.24) is 30.1 Å². The smallest absolute Gasteiger partial charge is 0.354 e. The van der Waals surface area contributed by atoms with Crippen LogP contribution in [-0.2, 0) is 14.4 Å². The lowest BCUT2D eigenvalue weighted by Crippen LogP contribution is -2.33. The third kappa shape index (κ3) is 10.6. The number of terminal acetylenes is 1. The van der Waals surface area contributed by atoms with Gasteiger partial charge in [0, 0.05) is 50.8 Å². The number of nitrogens with zero attached hydrogens (tertiary/aromatic N) is 5. The van der Waals surface area contributed by atoms with Crippen molar-refractivity contribution in [3.8, 4) is 29.8 Å². The highest BCUT2D eigenvalue weighted by Gasteiger charge is 2.22. The minimum atomic E-state index is -1.05. The first-order valence-corrected chi connectivity index (χ1v) is 13.4. The Labute approximate surface area is 255 Å². The lowest BCUT2D eigenvalue weighted by atomic mass is 10.1. The number of carbonyl (C=O) groups excluding carboxylic acids is 1. The summed E-state index contributed by atoms with van der Waals surface area (Å²) in [5.74, 6) is -0.622. The van der Waals surface area contributed by atoms with Crippen LogP contribution >= 0.6 is 0 Å². The third-order valence-electron chi connectivity index (χ3n) is 5.97. The van der Waals surface area contributed by atoms with Crippen molar-refractivity contribution in [3.05, 3.63) is 90.3 Å². The number of pyridine rings is 2. The number of amides is 1. The first-order valence-electron chi connectivity index (χ1n) is 13.4. The maximum absolute atomic E-state index is 11.8. The SMILES string of the molecule is C#C.CNc1c(C)c(-c2ccnc(C(=O)O)c2)nn1-c1ccccc1.COCCN1CC(NC=O)CO1.Fc1ccccn1. The van der Waals surface area contributed by atoms with Gasteiger partial charge in [-0.25, -0.2) is 19.4 Å². The summed E-state index contributed by atoms with van der Waals surface area (Å²) in [4.78, 5) is 33.6. The minimum Gasteiger partial charge on any atom is -0.477 e. The predicted molar refractivity (Wildman–Crippen MR) is 165 cm³/mol. The second kappa shape index (κ2) is 19.1. The number of aromatic carboxylic acids is 1. The largest absolute Gasteiger partial charge is 0.477 e. The van der Waals surface area contributed by atoms with Gasteiger partial charge < -0.3 is 20.5 Å². The molecule has 4 heterocycles. The molecule has 0 bridgehead atoms. The Kier molecular flexibility index (Phi) is 15.2. The van der Waals surface area contributed by atoms with E-state index in [1.165, 1.54) is 24.5 Å². The Balaban J connectivity index is 0.000000267. The van der Waals surface area contributed by atoms with Gasteiger partial charge in [0.25, 0.3) is 0 Å². The van der Waals surface area contributed by atoms with Crippen LogP contribution in [0.4, 0.5) is 10.2 Å². The number of aromatic nitrogens is 4. The molecule has 0 radical (unpaired) electrons. The Morgan fingerprint density at radius 1 is 1.16 bits per heavy atom. The number of hydroxylamine groups is 2. The zero-order chi connectivity index (χ0) is 32.3. The summed E-state index contributed by atoms with van der Waals surface area (Å²) < 4.78 is 18.5. The van der Waals surface area contributed by atoms with E-state index in [-0.39, 0.29) is 11.7 Å². The number of halogens is 1. The number of methoxy groups -OCH3 is 1. The number of para-hydroxylation sites is 1. The van der Waals surface area contributed by atoms with E-state index in [1.54, 1.807) is 30.4 Å². The molecule has 1 unspecified atom stereocenters. The van der Waals surface area contributed by atoms with Crippen LogP contribution in [0.25, 0.3) is 16.9 Å². The van der Waals surface area contributed by atoms with Crippen molar-refractivity contribution in [1.29, 1.82) is 0 Å². The molecule has 1 aliphatic heterocycles. The molecule has 12 nitrogen and oxygen atoms in total. The number of carboxylic acid groups (broad SMARTS) is 1. The van der Waals surface area contributed by atoms with Gasteiger partial charge in [0.15, 0.2) is 0 Å². The van der Waals surface area contributed by atoms with Gasteiger partial charge in [-0.3, -0.25) is 9.63 Å². The van der Waals surface area contributed by atoms with Crippen LogP contribution < -0.4 is 10.6 Å². The molecule has 1 aromatic carbocycles. The number of rotatable bonds is 9. The van der Waals surface area contributed by atoms with E-state index < -0.39 is 11.9 Å². The first kappa shape index (κ1) is 35.0. The van der Waals surface area contributed by atoms with E-state index >= 15 is 0 Å². The maximum Gasteiger partial charge on any atom is 0.354 e. The highest BCUT2D eigenvalue weighted by Crippen LogP contribution is 2.30. The monoisotopic (exact) mass is 605 g/mol. The molecule has 13 heteroatoms. The molecule has 0 saturated carbocycles. The van der Waals surface area contributed by atoms with Crippen LogP contribution in [0.15, 0.2) is 73.1 Å². The topological polar surface area (TPSA) is 144 Å². The lowest BCUT2D eigenvalue weighted by Gasteiger charge is -2.12. The van der Waals surface area contributed by atoms with Gasteiger partial charge in [0.05, 0.1) is 30.6 Å². The zero-order valence-corrected chi connectivity index (χ0v) is 24.8. The summed E-state index contributed by atoms with van der Waals surface area (Å²) in [6.45, 7) is 4.64. The van der Waals surface area contributed by atoms with Gasteiger partial charge in [-0.2, -0.15) is 14.6 Å². The second-order valence-electron chi connectivity index (χ2n) is 8.86. The Bertz CT molecular complexity index is 1450. The fourth-order valence-electron chi connectivity index (χ4n) is 3.95. The van der Waals surface area contributed by atoms with E-state index in [9.17, 15) is 14.0 Å². The molecule has 4 aromatic rings. The molecular formula is C31H36FN7O5. The average molecular weight is 606 g/mol. The minimum absolute atomic E-state index is 0.00201. The molecule has 3 N–H and O–H groups in total.